The molecule has 1 fully saturated rings. The number of carbonyl (C=O) groups is 1. The van der Waals surface area contributed by atoms with Crippen LogP contribution in [0.15, 0.2) is 12.1 Å². The van der Waals surface area contributed by atoms with Crippen molar-refractivity contribution in [2.24, 2.45) is 0 Å². The van der Waals surface area contributed by atoms with Gasteiger partial charge in [-0.2, -0.15) is 0 Å². The highest BCUT2D eigenvalue weighted by atomic mass is 35.5. The first kappa shape index (κ1) is 14.5. The van der Waals surface area contributed by atoms with E-state index in [0.717, 1.165) is 12.8 Å². The second-order valence-corrected chi connectivity index (χ2v) is 5.08. The topological polar surface area (TPSA) is 88.4 Å². The number of hydrogen-bond acceptors (Lipinski definition) is 5. The van der Waals surface area contributed by atoms with Crippen molar-refractivity contribution in [3.63, 3.8) is 0 Å². The van der Waals surface area contributed by atoms with Gasteiger partial charge in [0.1, 0.15) is 5.15 Å². The van der Waals surface area contributed by atoms with Crippen molar-refractivity contribution in [2.45, 2.75) is 25.8 Å². The highest BCUT2D eigenvalue weighted by molar-refractivity contribution is 6.29. The average molecular weight is 299 g/mol. The Labute approximate surface area is 121 Å². The second-order valence-electron chi connectivity index (χ2n) is 4.70. The number of anilines is 1. The Morgan fingerprint density at radius 1 is 1.50 bits per heavy atom. The molecule has 1 amide bonds. The monoisotopic (exact) mass is 298 g/mol. The molecule has 1 aromatic rings. The molecule has 7 nitrogen and oxygen atoms in total. The van der Waals surface area contributed by atoms with E-state index in [2.05, 4.69) is 10.3 Å². The maximum absolute atomic E-state index is 11.0. The quantitative estimate of drug-likeness (QED) is 0.522. The third-order valence-corrected chi connectivity index (χ3v) is 3.43. The highest BCUT2D eigenvalue weighted by Crippen LogP contribution is 2.29. The molecule has 1 aliphatic heterocycles. The molecule has 108 valence electrons. The maximum Gasteiger partial charge on any atom is 0.311 e. The van der Waals surface area contributed by atoms with Crippen LogP contribution >= 0.6 is 11.6 Å². The zero-order valence-corrected chi connectivity index (χ0v) is 11.8. The first-order chi connectivity index (χ1) is 9.47. The van der Waals surface area contributed by atoms with Crippen LogP contribution < -0.4 is 10.2 Å². The first-order valence-corrected chi connectivity index (χ1v) is 6.68. The van der Waals surface area contributed by atoms with Crippen molar-refractivity contribution < 1.29 is 9.72 Å². The smallest absolute Gasteiger partial charge is 0.311 e. The molecule has 0 spiro atoms. The van der Waals surface area contributed by atoms with Crippen LogP contribution in [0.4, 0.5) is 11.5 Å². The number of aromatic nitrogens is 1. The molecule has 2 heterocycles. The van der Waals surface area contributed by atoms with Crippen molar-refractivity contribution in [1.29, 1.82) is 0 Å². The van der Waals surface area contributed by atoms with Crippen LogP contribution in [0.2, 0.25) is 5.15 Å². The number of halogens is 1. The normalized spacial score (nSPS) is 16.0. The summed E-state index contributed by atoms with van der Waals surface area (Å²) in [5.41, 5.74) is -0.0487. The highest BCUT2D eigenvalue weighted by Gasteiger charge is 2.26. The number of nitrogens with one attached hydrogen (secondary N) is 1. The summed E-state index contributed by atoms with van der Waals surface area (Å²) >= 11 is 5.82. The minimum absolute atomic E-state index is 0.0487. The number of nitrogens with zero attached hydrogens (tertiary/aromatic N) is 3. The molecule has 0 aromatic carbocycles. The largest absolute Gasteiger partial charge is 0.353 e. The average Bonchev–Trinajstić information content (AvgIpc) is 2.38. The van der Waals surface area contributed by atoms with Crippen molar-refractivity contribution >= 4 is 29.0 Å². The molecular formula is C12H15ClN4O3. The number of hydrogen-bond donors (Lipinski definition) is 1. The summed E-state index contributed by atoms with van der Waals surface area (Å²) < 4.78 is 0. The molecule has 0 bridgehead atoms. The predicted molar refractivity (Wildman–Crippen MR) is 75.0 cm³/mol. The Balaban J connectivity index is 2.12. The van der Waals surface area contributed by atoms with E-state index in [4.69, 9.17) is 11.6 Å². The third-order valence-electron chi connectivity index (χ3n) is 3.22. The van der Waals surface area contributed by atoms with Crippen molar-refractivity contribution in [3.05, 3.63) is 27.4 Å². The summed E-state index contributed by atoms with van der Waals surface area (Å²) in [7, 11) is 0. The van der Waals surface area contributed by atoms with Gasteiger partial charge in [0.05, 0.1) is 4.92 Å². The van der Waals surface area contributed by atoms with E-state index in [1.54, 1.807) is 0 Å². The molecule has 1 aliphatic rings. The summed E-state index contributed by atoms with van der Waals surface area (Å²) in [5.74, 6) is 0.235. The molecule has 0 atom stereocenters. The minimum atomic E-state index is -0.460. The zero-order chi connectivity index (χ0) is 14.7. The lowest BCUT2D eigenvalue weighted by Crippen LogP contribution is -2.44. The van der Waals surface area contributed by atoms with Crippen LogP contribution in [-0.2, 0) is 4.79 Å². The van der Waals surface area contributed by atoms with Gasteiger partial charge in [-0.1, -0.05) is 11.6 Å². The Hall–Kier alpha value is -1.89. The van der Waals surface area contributed by atoms with Crippen LogP contribution in [0.1, 0.15) is 19.8 Å². The summed E-state index contributed by atoms with van der Waals surface area (Å²) in [6.45, 7) is 2.67. The first-order valence-electron chi connectivity index (χ1n) is 6.30. The Kier molecular flexibility index (Phi) is 4.39. The van der Waals surface area contributed by atoms with Gasteiger partial charge in [0.15, 0.2) is 0 Å². The lowest BCUT2D eigenvalue weighted by Gasteiger charge is -2.32. The fraction of sp³-hybridized carbons (Fsp3) is 0.500. The Morgan fingerprint density at radius 2 is 2.15 bits per heavy atom. The summed E-state index contributed by atoms with van der Waals surface area (Å²) in [6.07, 6.45) is 1.45. The minimum Gasteiger partial charge on any atom is -0.353 e. The molecule has 0 unspecified atom stereocenters. The van der Waals surface area contributed by atoms with Crippen LogP contribution in [0, 0.1) is 10.1 Å². The van der Waals surface area contributed by atoms with Gasteiger partial charge in [-0.05, 0) is 18.9 Å². The number of piperidine rings is 1. The van der Waals surface area contributed by atoms with Gasteiger partial charge in [0.2, 0.25) is 11.7 Å². The zero-order valence-electron chi connectivity index (χ0n) is 11.0. The molecule has 0 radical (unpaired) electrons. The summed E-state index contributed by atoms with van der Waals surface area (Å²) in [4.78, 5) is 27.5. The van der Waals surface area contributed by atoms with E-state index in [0.29, 0.717) is 18.9 Å². The molecule has 1 N–H and O–H groups in total. The van der Waals surface area contributed by atoms with Gasteiger partial charge >= 0.3 is 5.69 Å². The number of carbonyl (C=O) groups excluding carboxylic acids is 1. The maximum atomic E-state index is 11.0. The molecule has 8 heteroatoms. The van der Waals surface area contributed by atoms with Crippen LogP contribution in [0.5, 0.6) is 0 Å². The van der Waals surface area contributed by atoms with E-state index >= 15 is 0 Å². The lowest BCUT2D eigenvalue weighted by atomic mass is 10.0. The van der Waals surface area contributed by atoms with Gasteiger partial charge < -0.3 is 10.2 Å². The molecule has 20 heavy (non-hydrogen) atoms. The molecule has 1 saturated heterocycles. The van der Waals surface area contributed by atoms with E-state index in [1.807, 2.05) is 4.90 Å². The standard InChI is InChI=1S/C12H15ClN4O3/c1-8(18)14-9-4-6-16(7-5-9)12-10(17(19)20)2-3-11(13)15-12/h2-3,9H,4-7H2,1H3,(H,14,18). The van der Waals surface area contributed by atoms with Gasteiger partial charge in [0.25, 0.3) is 0 Å². The fourth-order valence-electron chi connectivity index (χ4n) is 2.32. The molecule has 2 rings (SSSR count). The van der Waals surface area contributed by atoms with E-state index < -0.39 is 4.92 Å². The van der Waals surface area contributed by atoms with Crippen LogP contribution in [-0.4, -0.2) is 34.9 Å². The van der Waals surface area contributed by atoms with Gasteiger partial charge in [-0.15, -0.1) is 0 Å². The Morgan fingerprint density at radius 3 is 2.70 bits per heavy atom. The summed E-state index contributed by atoms with van der Waals surface area (Å²) in [5, 5.41) is 14.1. The predicted octanol–water partition coefficient (Wildman–Crippen LogP) is 1.75. The third kappa shape index (κ3) is 3.36. The van der Waals surface area contributed by atoms with Gasteiger partial charge in [-0.3, -0.25) is 14.9 Å². The SMILES string of the molecule is CC(=O)NC1CCN(c2nc(Cl)ccc2[N+](=O)[O-])CC1. The van der Waals surface area contributed by atoms with E-state index in [1.165, 1.54) is 19.1 Å². The molecule has 1 aromatic heterocycles. The molecule has 0 saturated carbocycles. The lowest BCUT2D eigenvalue weighted by molar-refractivity contribution is -0.384. The van der Waals surface area contributed by atoms with Crippen LogP contribution in [0.3, 0.4) is 0 Å². The second kappa shape index (κ2) is 6.04. The number of rotatable bonds is 3. The van der Waals surface area contributed by atoms with Gasteiger partial charge in [0, 0.05) is 32.1 Å². The number of amides is 1. The van der Waals surface area contributed by atoms with E-state index in [-0.39, 0.29) is 22.8 Å². The number of nitro groups is 1. The molecular weight excluding hydrogens is 284 g/mol. The Bertz CT molecular complexity index is 529. The van der Waals surface area contributed by atoms with Gasteiger partial charge in [-0.25, -0.2) is 4.98 Å². The summed E-state index contributed by atoms with van der Waals surface area (Å²) in [6, 6.07) is 2.89. The van der Waals surface area contributed by atoms with Crippen molar-refractivity contribution in [1.82, 2.24) is 10.3 Å². The van der Waals surface area contributed by atoms with Crippen LogP contribution in [0.25, 0.3) is 0 Å². The van der Waals surface area contributed by atoms with Crippen molar-refractivity contribution in [3.8, 4) is 0 Å². The fourth-order valence-corrected chi connectivity index (χ4v) is 2.46. The van der Waals surface area contributed by atoms with E-state index in [9.17, 15) is 14.9 Å². The molecule has 0 aliphatic carbocycles. The number of pyridine rings is 1. The van der Waals surface area contributed by atoms with Crippen molar-refractivity contribution in [2.75, 3.05) is 18.0 Å².